The molecule has 7 nitrogen and oxygen atoms in total. The number of rotatable bonds is 4. The summed E-state index contributed by atoms with van der Waals surface area (Å²) >= 11 is 0. The maximum Gasteiger partial charge on any atom is 0.353 e. The van der Waals surface area contributed by atoms with E-state index in [1.165, 1.54) is 11.0 Å². The van der Waals surface area contributed by atoms with Crippen LogP contribution in [0.15, 0.2) is 30.6 Å². The van der Waals surface area contributed by atoms with Gasteiger partial charge in [-0.15, -0.1) is 0 Å². The second-order valence-electron chi connectivity index (χ2n) is 4.14. The Balaban J connectivity index is 2.35. The van der Waals surface area contributed by atoms with E-state index < -0.39 is 4.92 Å². The number of anilines is 2. The third-order valence-corrected chi connectivity index (χ3v) is 2.74. The van der Waals surface area contributed by atoms with Gasteiger partial charge in [-0.1, -0.05) is 18.2 Å². The van der Waals surface area contributed by atoms with Gasteiger partial charge in [0.15, 0.2) is 0 Å². The molecule has 2 rings (SSSR count). The first-order chi connectivity index (χ1) is 9.50. The molecule has 0 atom stereocenters. The molecule has 0 amide bonds. The van der Waals surface area contributed by atoms with Gasteiger partial charge < -0.3 is 10.6 Å². The van der Waals surface area contributed by atoms with Gasteiger partial charge in [-0.05, 0) is 6.07 Å². The minimum absolute atomic E-state index is 0.0470. The minimum atomic E-state index is -0.650. The van der Waals surface area contributed by atoms with Gasteiger partial charge in [0.1, 0.15) is 12.1 Å². The average Bonchev–Trinajstić information content (AvgIpc) is 2.40. The Morgan fingerprint density at radius 3 is 2.75 bits per heavy atom. The van der Waals surface area contributed by atoms with Crippen molar-refractivity contribution in [3.63, 3.8) is 0 Å². The molecule has 1 aromatic carbocycles. The van der Waals surface area contributed by atoms with E-state index in [1.54, 1.807) is 25.2 Å². The van der Waals surface area contributed by atoms with E-state index in [9.17, 15) is 14.5 Å². The lowest BCUT2D eigenvalue weighted by Gasteiger charge is -2.18. The topological polar surface area (TPSA) is 98.2 Å². The summed E-state index contributed by atoms with van der Waals surface area (Å²) in [5.74, 6) is -0.560. The lowest BCUT2D eigenvalue weighted by atomic mass is 10.2. The largest absolute Gasteiger partial charge is 0.378 e. The number of aromatic nitrogens is 2. The molecule has 0 unspecified atom stereocenters. The summed E-state index contributed by atoms with van der Waals surface area (Å²) < 4.78 is 13.6. The average molecular weight is 277 g/mol. The summed E-state index contributed by atoms with van der Waals surface area (Å²) in [4.78, 5) is 19.3. The number of benzene rings is 1. The molecule has 0 aliphatic heterocycles. The molecule has 2 aromatic rings. The van der Waals surface area contributed by atoms with Crippen LogP contribution in [-0.4, -0.2) is 21.9 Å². The monoisotopic (exact) mass is 277 g/mol. The highest BCUT2D eigenvalue weighted by molar-refractivity contribution is 5.68. The number of nitro groups is 1. The van der Waals surface area contributed by atoms with Crippen LogP contribution in [0.5, 0.6) is 0 Å². The van der Waals surface area contributed by atoms with E-state index in [1.807, 2.05) is 0 Å². The Hall–Kier alpha value is -2.77. The quantitative estimate of drug-likeness (QED) is 0.675. The molecule has 8 heteroatoms. The Bertz CT molecular complexity index is 649. The van der Waals surface area contributed by atoms with Crippen molar-refractivity contribution in [1.82, 2.24) is 9.97 Å². The molecule has 0 bridgehead atoms. The van der Waals surface area contributed by atoms with E-state index in [2.05, 4.69) is 9.97 Å². The second kappa shape index (κ2) is 5.47. The van der Waals surface area contributed by atoms with Gasteiger partial charge in [-0.2, -0.15) is 0 Å². The van der Waals surface area contributed by atoms with Gasteiger partial charge in [0.2, 0.25) is 11.6 Å². The predicted octanol–water partition coefficient (Wildman–Crippen LogP) is 1.74. The van der Waals surface area contributed by atoms with Crippen molar-refractivity contribution in [2.75, 3.05) is 17.7 Å². The molecule has 0 aliphatic rings. The number of halogens is 1. The second-order valence-corrected chi connectivity index (χ2v) is 4.14. The van der Waals surface area contributed by atoms with Gasteiger partial charge >= 0.3 is 5.69 Å². The third-order valence-electron chi connectivity index (χ3n) is 2.74. The van der Waals surface area contributed by atoms with E-state index in [0.29, 0.717) is 5.56 Å². The van der Waals surface area contributed by atoms with Crippen molar-refractivity contribution in [1.29, 1.82) is 0 Å². The normalized spacial score (nSPS) is 10.3. The van der Waals surface area contributed by atoms with E-state index in [0.717, 1.165) is 6.33 Å². The summed E-state index contributed by atoms with van der Waals surface area (Å²) in [7, 11) is 1.57. The maximum atomic E-state index is 13.6. The molecule has 0 fully saturated rings. The first-order valence-electron chi connectivity index (χ1n) is 5.70. The molecule has 2 N–H and O–H groups in total. The molecule has 104 valence electrons. The zero-order valence-corrected chi connectivity index (χ0v) is 10.7. The lowest BCUT2D eigenvalue weighted by Crippen LogP contribution is -2.20. The van der Waals surface area contributed by atoms with Crippen molar-refractivity contribution in [2.45, 2.75) is 6.54 Å². The van der Waals surface area contributed by atoms with Crippen LogP contribution in [0.25, 0.3) is 0 Å². The van der Waals surface area contributed by atoms with Gasteiger partial charge in [0.05, 0.1) is 4.92 Å². The first-order valence-corrected chi connectivity index (χ1v) is 5.70. The summed E-state index contributed by atoms with van der Waals surface area (Å²) in [5, 5.41) is 11.0. The molecule has 0 radical (unpaired) electrons. The Morgan fingerprint density at radius 2 is 2.10 bits per heavy atom. The summed E-state index contributed by atoms with van der Waals surface area (Å²) in [5.41, 5.74) is 5.51. The number of nitrogens with zero attached hydrogens (tertiary/aromatic N) is 4. The Kier molecular flexibility index (Phi) is 3.74. The number of nitrogens with two attached hydrogens (primary N) is 1. The standard InChI is InChI=1S/C12H12FN5O2/c1-17(6-8-4-2-3-5-9(8)13)12-10(18(19)20)11(14)15-7-16-12/h2-5,7H,6H2,1H3,(H2,14,15,16). The van der Waals surface area contributed by atoms with Crippen LogP contribution in [0.3, 0.4) is 0 Å². The number of hydrogen-bond donors (Lipinski definition) is 1. The molecule has 0 saturated carbocycles. The number of hydrogen-bond acceptors (Lipinski definition) is 6. The Labute approximate surface area is 114 Å². The van der Waals surface area contributed by atoms with E-state index in [-0.39, 0.29) is 29.7 Å². The number of nitrogen functional groups attached to an aromatic ring is 1. The molecule has 0 spiro atoms. The summed E-state index contributed by atoms with van der Waals surface area (Å²) in [6.07, 6.45) is 1.13. The third kappa shape index (κ3) is 2.63. The molecule has 1 heterocycles. The summed E-state index contributed by atoms with van der Waals surface area (Å²) in [6.45, 7) is 0.129. The Morgan fingerprint density at radius 1 is 1.40 bits per heavy atom. The van der Waals surface area contributed by atoms with Gasteiger partial charge in [-0.3, -0.25) is 10.1 Å². The van der Waals surface area contributed by atoms with Crippen LogP contribution >= 0.6 is 0 Å². The molecular formula is C12H12FN5O2. The van der Waals surface area contributed by atoms with Crippen molar-refractivity contribution < 1.29 is 9.31 Å². The predicted molar refractivity (Wildman–Crippen MR) is 71.6 cm³/mol. The van der Waals surface area contributed by atoms with Crippen LogP contribution in [0, 0.1) is 15.9 Å². The van der Waals surface area contributed by atoms with Crippen LogP contribution in [0.2, 0.25) is 0 Å². The molecule has 0 saturated heterocycles. The van der Waals surface area contributed by atoms with E-state index in [4.69, 9.17) is 5.73 Å². The first kappa shape index (κ1) is 13.7. The minimum Gasteiger partial charge on any atom is -0.378 e. The van der Waals surface area contributed by atoms with Crippen LogP contribution in [-0.2, 0) is 6.54 Å². The molecule has 20 heavy (non-hydrogen) atoms. The van der Waals surface area contributed by atoms with Gasteiger partial charge in [0.25, 0.3) is 0 Å². The highest BCUT2D eigenvalue weighted by atomic mass is 19.1. The maximum absolute atomic E-state index is 13.6. The van der Waals surface area contributed by atoms with Crippen molar-refractivity contribution in [3.8, 4) is 0 Å². The van der Waals surface area contributed by atoms with E-state index >= 15 is 0 Å². The molecule has 0 aliphatic carbocycles. The van der Waals surface area contributed by atoms with Crippen LogP contribution in [0.4, 0.5) is 21.7 Å². The van der Waals surface area contributed by atoms with Crippen LogP contribution in [0.1, 0.15) is 5.56 Å². The zero-order valence-electron chi connectivity index (χ0n) is 10.7. The smallest absolute Gasteiger partial charge is 0.353 e. The summed E-state index contributed by atoms with van der Waals surface area (Å²) in [6, 6.07) is 6.19. The van der Waals surface area contributed by atoms with Crippen molar-refractivity contribution in [2.24, 2.45) is 0 Å². The highest BCUT2D eigenvalue weighted by Crippen LogP contribution is 2.29. The van der Waals surface area contributed by atoms with Gasteiger partial charge in [0, 0.05) is 19.2 Å². The fraction of sp³-hybridized carbons (Fsp3) is 0.167. The van der Waals surface area contributed by atoms with Crippen molar-refractivity contribution >= 4 is 17.3 Å². The fourth-order valence-corrected chi connectivity index (χ4v) is 1.79. The highest BCUT2D eigenvalue weighted by Gasteiger charge is 2.24. The van der Waals surface area contributed by atoms with Crippen LogP contribution < -0.4 is 10.6 Å². The SMILES string of the molecule is CN(Cc1ccccc1F)c1ncnc(N)c1[N+](=O)[O-]. The van der Waals surface area contributed by atoms with Gasteiger partial charge in [-0.25, -0.2) is 14.4 Å². The molecule has 1 aromatic heterocycles. The lowest BCUT2D eigenvalue weighted by molar-refractivity contribution is -0.383. The zero-order chi connectivity index (χ0) is 14.7. The van der Waals surface area contributed by atoms with Crippen molar-refractivity contribution in [3.05, 3.63) is 52.1 Å². The fourth-order valence-electron chi connectivity index (χ4n) is 1.79. The molecular weight excluding hydrogens is 265 g/mol.